The molecule has 1 amide bonds. The van der Waals surface area contributed by atoms with Crippen LogP contribution in [-0.2, 0) is 14.8 Å². The van der Waals surface area contributed by atoms with E-state index in [1.807, 2.05) is 0 Å². The molecule has 0 atom stereocenters. The zero-order valence-electron chi connectivity index (χ0n) is 16.4. The molecule has 6 nitrogen and oxygen atoms in total. The molecule has 0 radical (unpaired) electrons. The summed E-state index contributed by atoms with van der Waals surface area (Å²) >= 11 is 0. The van der Waals surface area contributed by atoms with E-state index in [-0.39, 0.29) is 10.8 Å². The molecule has 0 spiro atoms. The Labute approximate surface area is 168 Å². The summed E-state index contributed by atoms with van der Waals surface area (Å²) in [5.41, 5.74) is 0.409. The summed E-state index contributed by atoms with van der Waals surface area (Å²) in [5, 5.41) is 0. The Morgan fingerprint density at radius 2 is 1.93 bits per heavy atom. The third-order valence-corrected chi connectivity index (χ3v) is 7.42. The van der Waals surface area contributed by atoms with Crippen molar-refractivity contribution in [3.8, 4) is 0 Å². The standard InChI is InChI=1S/C21H30N2O4S/c1-2-11-22(17-18-7-4-3-5-8-18)21(24)19-9-6-10-20(16-19)28(25,26)23-12-14-27-15-13-23/h2,6,9-10,16,18H,1,3-5,7-8,11-15,17H2. The normalized spacial score (nSPS) is 19.3. The molecule has 0 aromatic heterocycles. The summed E-state index contributed by atoms with van der Waals surface area (Å²) in [7, 11) is -3.62. The predicted molar refractivity (Wildman–Crippen MR) is 109 cm³/mol. The minimum absolute atomic E-state index is 0.135. The number of nitrogens with zero attached hydrogens (tertiary/aromatic N) is 2. The van der Waals surface area contributed by atoms with E-state index in [1.165, 1.54) is 29.6 Å². The van der Waals surface area contributed by atoms with Gasteiger partial charge in [-0.05, 0) is 37.0 Å². The number of ether oxygens (including phenoxy) is 1. The molecular formula is C21H30N2O4S. The number of carbonyl (C=O) groups excluding carboxylic acids is 1. The minimum Gasteiger partial charge on any atom is -0.379 e. The van der Waals surface area contributed by atoms with E-state index in [9.17, 15) is 13.2 Å². The van der Waals surface area contributed by atoms with Crippen molar-refractivity contribution in [2.24, 2.45) is 5.92 Å². The summed E-state index contributed by atoms with van der Waals surface area (Å²) in [6, 6.07) is 6.40. The molecule has 1 aliphatic heterocycles. The van der Waals surface area contributed by atoms with Crippen molar-refractivity contribution in [3.05, 3.63) is 42.5 Å². The fourth-order valence-corrected chi connectivity index (χ4v) is 5.44. The van der Waals surface area contributed by atoms with E-state index >= 15 is 0 Å². The quantitative estimate of drug-likeness (QED) is 0.653. The van der Waals surface area contributed by atoms with Crippen molar-refractivity contribution in [2.45, 2.75) is 37.0 Å². The van der Waals surface area contributed by atoms with Crippen molar-refractivity contribution in [2.75, 3.05) is 39.4 Å². The summed E-state index contributed by atoms with van der Waals surface area (Å²) in [5.74, 6) is 0.377. The fourth-order valence-electron chi connectivity index (χ4n) is 3.99. The lowest BCUT2D eigenvalue weighted by Gasteiger charge is -2.29. The molecule has 0 unspecified atom stereocenters. The first-order valence-corrected chi connectivity index (χ1v) is 11.5. The number of carbonyl (C=O) groups is 1. The Morgan fingerprint density at radius 3 is 2.61 bits per heavy atom. The number of hydrogen-bond donors (Lipinski definition) is 0. The Balaban J connectivity index is 1.78. The number of rotatable bonds is 7. The SMILES string of the molecule is C=CCN(CC1CCCCC1)C(=O)c1cccc(S(=O)(=O)N2CCOCC2)c1. The van der Waals surface area contributed by atoms with Crippen LogP contribution in [0.25, 0.3) is 0 Å². The lowest BCUT2D eigenvalue weighted by atomic mass is 9.89. The monoisotopic (exact) mass is 406 g/mol. The highest BCUT2D eigenvalue weighted by atomic mass is 32.2. The summed E-state index contributed by atoms with van der Waals surface area (Å²) in [6.45, 7) is 6.41. The zero-order chi connectivity index (χ0) is 20.0. The van der Waals surface area contributed by atoms with Crippen LogP contribution in [-0.4, -0.2) is 62.9 Å². The number of morpholine rings is 1. The minimum atomic E-state index is -3.62. The zero-order valence-corrected chi connectivity index (χ0v) is 17.2. The molecule has 154 valence electrons. The average molecular weight is 407 g/mol. The van der Waals surface area contributed by atoms with Gasteiger partial charge in [0.1, 0.15) is 0 Å². The molecule has 28 heavy (non-hydrogen) atoms. The second-order valence-electron chi connectivity index (χ2n) is 7.55. The molecule has 1 aromatic carbocycles. The van der Waals surface area contributed by atoms with Crippen molar-refractivity contribution in [1.82, 2.24) is 9.21 Å². The third kappa shape index (κ3) is 5.01. The Morgan fingerprint density at radius 1 is 1.21 bits per heavy atom. The van der Waals surface area contributed by atoms with Gasteiger partial charge in [-0.25, -0.2) is 8.42 Å². The smallest absolute Gasteiger partial charge is 0.254 e. The molecule has 3 rings (SSSR count). The van der Waals surface area contributed by atoms with Gasteiger partial charge in [0.05, 0.1) is 18.1 Å². The predicted octanol–water partition coefficient (Wildman–Crippen LogP) is 2.92. The topological polar surface area (TPSA) is 66.9 Å². The van der Waals surface area contributed by atoms with Gasteiger partial charge in [0, 0.05) is 31.7 Å². The summed E-state index contributed by atoms with van der Waals surface area (Å²) in [4.78, 5) is 15.1. The average Bonchev–Trinajstić information content (AvgIpc) is 2.74. The van der Waals surface area contributed by atoms with E-state index in [2.05, 4.69) is 6.58 Å². The molecule has 1 heterocycles. The van der Waals surface area contributed by atoms with Gasteiger partial charge in [-0.2, -0.15) is 4.31 Å². The van der Waals surface area contributed by atoms with Crippen LogP contribution in [0.15, 0.2) is 41.8 Å². The molecule has 0 bridgehead atoms. The third-order valence-electron chi connectivity index (χ3n) is 5.53. The van der Waals surface area contributed by atoms with E-state index in [1.54, 1.807) is 29.2 Å². The molecular weight excluding hydrogens is 376 g/mol. The van der Waals surface area contributed by atoms with E-state index in [0.29, 0.717) is 50.9 Å². The Bertz CT molecular complexity index is 781. The van der Waals surface area contributed by atoms with E-state index < -0.39 is 10.0 Å². The van der Waals surface area contributed by atoms with Crippen LogP contribution in [0.2, 0.25) is 0 Å². The number of sulfonamides is 1. The van der Waals surface area contributed by atoms with Crippen LogP contribution in [0.5, 0.6) is 0 Å². The Hall–Kier alpha value is -1.70. The van der Waals surface area contributed by atoms with Gasteiger partial charge in [0.2, 0.25) is 10.0 Å². The maximum absolute atomic E-state index is 13.1. The number of benzene rings is 1. The second kappa shape index (κ2) is 9.67. The van der Waals surface area contributed by atoms with Gasteiger partial charge in [0.25, 0.3) is 5.91 Å². The number of amides is 1. The maximum Gasteiger partial charge on any atom is 0.254 e. The molecule has 2 fully saturated rings. The first-order valence-electron chi connectivity index (χ1n) is 10.1. The summed E-state index contributed by atoms with van der Waals surface area (Å²) in [6.07, 6.45) is 7.73. The van der Waals surface area contributed by atoms with E-state index in [0.717, 1.165) is 12.8 Å². The fraction of sp³-hybridized carbons (Fsp3) is 0.571. The van der Waals surface area contributed by atoms with Gasteiger partial charge < -0.3 is 9.64 Å². The van der Waals surface area contributed by atoms with E-state index in [4.69, 9.17) is 4.74 Å². The first-order chi connectivity index (χ1) is 13.5. The van der Waals surface area contributed by atoms with Crippen LogP contribution in [0, 0.1) is 5.92 Å². The second-order valence-corrected chi connectivity index (χ2v) is 9.49. The van der Waals surface area contributed by atoms with Crippen molar-refractivity contribution in [1.29, 1.82) is 0 Å². The van der Waals surface area contributed by atoms with Gasteiger partial charge in [0.15, 0.2) is 0 Å². The van der Waals surface area contributed by atoms with Gasteiger partial charge in [-0.1, -0.05) is 31.4 Å². The highest BCUT2D eigenvalue weighted by Crippen LogP contribution is 2.25. The lowest BCUT2D eigenvalue weighted by molar-refractivity contribution is 0.0727. The van der Waals surface area contributed by atoms with Crippen LogP contribution >= 0.6 is 0 Å². The molecule has 1 saturated carbocycles. The van der Waals surface area contributed by atoms with Crippen LogP contribution in [0.4, 0.5) is 0 Å². The molecule has 1 aromatic rings. The van der Waals surface area contributed by atoms with Crippen molar-refractivity contribution < 1.29 is 17.9 Å². The largest absolute Gasteiger partial charge is 0.379 e. The van der Waals surface area contributed by atoms with Gasteiger partial charge in [-0.3, -0.25) is 4.79 Å². The Kier molecular flexibility index (Phi) is 7.26. The number of hydrogen-bond acceptors (Lipinski definition) is 4. The molecule has 1 aliphatic carbocycles. The first kappa shape index (κ1) is 21.0. The lowest BCUT2D eigenvalue weighted by Crippen LogP contribution is -2.40. The van der Waals surface area contributed by atoms with Crippen molar-refractivity contribution >= 4 is 15.9 Å². The van der Waals surface area contributed by atoms with Crippen LogP contribution in [0.1, 0.15) is 42.5 Å². The molecule has 7 heteroatoms. The molecule has 1 saturated heterocycles. The van der Waals surface area contributed by atoms with Gasteiger partial charge >= 0.3 is 0 Å². The molecule has 0 N–H and O–H groups in total. The highest BCUT2D eigenvalue weighted by Gasteiger charge is 2.28. The van der Waals surface area contributed by atoms with Crippen LogP contribution in [0.3, 0.4) is 0 Å². The van der Waals surface area contributed by atoms with Crippen molar-refractivity contribution in [3.63, 3.8) is 0 Å². The molecule has 2 aliphatic rings. The van der Waals surface area contributed by atoms with Crippen LogP contribution < -0.4 is 0 Å². The highest BCUT2D eigenvalue weighted by molar-refractivity contribution is 7.89. The van der Waals surface area contributed by atoms with Gasteiger partial charge in [-0.15, -0.1) is 6.58 Å². The maximum atomic E-state index is 13.1. The summed E-state index contributed by atoms with van der Waals surface area (Å²) < 4.78 is 32.5.